The number of nitrogen functional groups attached to an aromatic ring is 1. The van der Waals surface area contributed by atoms with Gasteiger partial charge in [-0.2, -0.15) is 8.42 Å². The number of benzene rings is 2. The number of sulfonamides is 1. The minimum absolute atomic E-state index is 0.00409. The van der Waals surface area contributed by atoms with Crippen LogP contribution >= 0.6 is 11.8 Å². The van der Waals surface area contributed by atoms with Gasteiger partial charge in [0, 0.05) is 23.6 Å². The van der Waals surface area contributed by atoms with E-state index in [9.17, 15) is 18.5 Å². The number of hydrogen-bond donors (Lipinski definition) is 2. The predicted octanol–water partition coefficient (Wildman–Crippen LogP) is 2.11. The van der Waals surface area contributed by atoms with Crippen molar-refractivity contribution in [1.29, 1.82) is 0 Å². The molecule has 0 saturated heterocycles. The molecule has 0 bridgehead atoms. The number of hydrogen-bond acceptors (Lipinski definition) is 6. The lowest BCUT2D eigenvalue weighted by Gasteiger charge is -2.03. The van der Waals surface area contributed by atoms with Crippen molar-refractivity contribution in [1.82, 2.24) is 0 Å². The van der Waals surface area contributed by atoms with Crippen molar-refractivity contribution in [3.63, 3.8) is 0 Å². The molecule has 24 heavy (non-hydrogen) atoms. The zero-order valence-electron chi connectivity index (χ0n) is 12.3. The maximum atomic E-state index is 12.1. The summed E-state index contributed by atoms with van der Waals surface area (Å²) in [6.07, 6.45) is 0. The highest BCUT2D eigenvalue weighted by molar-refractivity contribution is 8.13. The molecule has 0 aliphatic heterocycles. The predicted molar refractivity (Wildman–Crippen MR) is 94.1 cm³/mol. The van der Waals surface area contributed by atoms with Gasteiger partial charge in [0.05, 0.1) is 9.82 Å². The number of non-ortho nitro benzene ring substituents is 1. The Kier molecular flexibility index (Phi) is 5.42. The fraction of sp³-hybridized carbons (Fsp3) is 0.0714. The molecule has 8 nitrogen and oxygen atoms in total. The second-order valence-electron chi connectivity index (χ2n) is 4.69. The molecule has 0 heterocycles. The SMILES string of the molecule is N/C(=N\S(=O)(=O)c1ccc(N)cc1)SCc1ccc([N+](=O)[O-])cc1. The first kappa shape index (κ1) is 17.8. The van der Waals surface area contributed by atoms with Gasteiger partial charge in [0.2, 0.25) is 0 Å². The van der Waals surface area contributed by atoms with Crippen LogP contribution in [0, 0.1) is 10.1 Å². The summed E-state index contributed by atoms with van der Waals surface area (Å²) in [5, 5.41) is 10.5. The number of thioether (sulfide) groups is 1. The van der Waals surface area contributed by atoms with Crippen molar-refractivity contribution in [3.05, 3.63) is 64.2 Å². The van der Waals surface area contributed by atoms with Crippen molar-refractivity contribution < 1.29 is 13.3 Å². The van der Waals surface area contributed by atoms with E-state index < -0.39 is 14.9 Å². The van der Waals surface area contributed by atoms with Gasteiger partial charge in [0.15, 0.2) is 5.17 Å². The van der Waals surface area contributed by atoms with Gasteiger partial charge >= 0.3 is 0 Å². The van der Waals surface area contributed by atoms with Crippen LogP contribution in [0.3, 0.4) is 0 Å². The molecule has 0 unspecified atom stereocenters. The monoisotopic (exact) mass is 366 g/mol. The Balaban J connectivity index is 2.05. The number of anilines is 1. The summed E-state index contributed by atoms with van der Waals surface area (Å²) in [5.41, 5.74) is 12.3. The lowest BCUT2D eigenvalue weighted by molar-refractivity contribution is -0.384. The minimum Gasteiger partial charge on any atom is -0.399 e. The van der Waals surface area contributed by atoms with E-state index in [1.165, 1.54) is 36.4 Å². The molecular formula is C14H14N4O4S2. The topological polar surface area (TPSA) is 142 Å². The summed E-state index contributed by atoms with van der Waals surface area (Å²) < 4.78 is 27.7. The van der Waals surface area contributed by atoms with Gasteiger partial charge in [-0.1, -0.05) is 23.9 Å². The maximum absolute atomic E-state index is 12.1. The van der Waals surface area contributed by atoms with E-state index in [2.05, 4.69) is 4.40 Å². The molecule has 4 N–H and O–H groups in total. The van der Waals surface area contributed by atoms with Crippen LogP contribution in [-0.2, 0) is 15.8 Å². The zero-order valence-corrected chi connectivity index (χ0v) is 14.0. The molecule has 2 aromatic carbocycles. The Labute approximate surface area is 142 Å². The van der Waals surface area contributed by atoms with Crippen molar-refractivity contribution in [2.45, 2.75) is 10.6 Å². The van der Waals surface area contributed by atoms with E-state index in [0.29, 0.717) is 11.4 Å². The fourth-order valence-corrected chi connectivity index (χ4v) is 3.54. The van der Waals surface area contributed by atoms with Gasteiger partial charge in [-0.05, 0) is 29.8 Å². The summed E-state index contributed by atoms with van der Waals surface area (Å²) in [6, 6.07) is 11.5. The first-order chi connectivity index (χ1) is 11.3. The molecule has 0 amide bonds. The van der Waals surface area contributed by atoms with Crippen molar-refractivity contribution >= 4 is 38.3 Å². The van der Waals surface area contributed by atoms with Gasteiger partial charge < -0.3 is 11.5 Å². The van der Waals surface area contributed by atoms with E-state index >= 15 is 0 Å². The van der Waals surface area contributed by atoms with E-state index in [-0.39, 0.29) is 15.8 Å². The fourth-order valence-electron chi connectivity index (χ4n) is 1.71. The smallest absolute Gasteiger partial charge is 0.284 e. The first-order valence-corrected chi connectivity index (χ1v) is 9.02. The van der Waals surface area contributed by atoms with E-state index in [0.717, 1.165) is 17.3 Å². The largest absolute Gasteiger partial charge is 0.399 e. The molecule has 0 saturated carbocycles. The molecule has 126 valence electrons. The minimum atomic E-state index is -3.90. The molecule has 0 fully saturated rings. The van der Waals surface area contributed by atoms with Crippen molar-refractivity contribution in [2.75, 3.05) is 5.73 Å². The molecule has 2 rings (SSSR count). The maximum Gasteiger partial charge on any atom is 0.284 e. The summed E-state index contributed by atoms with van der Waals surface area (Å²) in [7, 11) is -3.90. The third-order valence-electron chi connectivity index (χ3n) is 2.92. The van der Waals surface area contributed by atoms with Crippen LogP contribution in [0.4, 0.5) is 11.4 Å². The zero-order chi connectivity index (χ0) is 17.7. The second-order valence-corrected chi connectivity index (χ2v) is 7.29. The Morgan fingerprint density at radius 1 is 1.12 bits per heavy atom. The molecule has 0 atom stereocenters. The quantitative estimate of drug-likeness (QED) is 0.271. The van der Waals surface area contributed by atoms with E-state index in [1.807, 2.05) is 0 Å². The molecule has 10 heteroatoms. The number of amidine groups is 1. The molecule has 0 aliphatic rings. The molecule has 0 spiro atoms. The molecule has 2 aromatic rings. The van der Waals surface area contributed by atoms with Crippen LogP contribution in [0.15, 0.2) is 57.8 Å². The Morgan fingerprint density at radius 2 is 1.71 bits per heavy atom. The average molecular weight is 366 g/mol. The van der Waals surface area contributed by atoms with Gasteiger partial charge in [-0.15, -0.1) is 4.40 Å². The van der Waals surface area contributed by atoms with Crippen molar-refractivity contribution in [2.24, 2.45) is 10.1 Å². The Bertz CT molecular complexity index is 863. The van der Waals surface area contributed by atoms with E-state index in [4.69, 9.17) is 11.5 Å². The number of rotatable bonds is 5. The highest BCUT2D eigenvalue weighted by Crippen LogP contribution is 2.19. The summed E-state index contributed by atoms with van der Waals surface area (Å²) >= 11 is 1.02. The highest BCUT2D eigenvalue weighted by Gasteiger charge is 2.13. The lowest BCUT2D eigenvalue weighted by Crippen LogP contribution is -2.11. The summed E-state index contributed by atoms with van der Waals surface area (Å²) in [5.74, 6) is 0.338. The van der Waals surface area contributed by atoms with Gasteiger partial charge in [-0.25, -0.2) is 0 Å². The third-order valence-corrected chi connectivity index (χ3v) is 5.21. The Morgan fingerprint density at radius 3 is 2.25 bits per heavy atom. The van der Waals surface area contributed by atoms with Crippen LogP contribution in [0.2, 0.25) is 0 Å². The van der Waals surface area contributed by atoms with Crippen LogP contribution in [-0.4, -0.2) is 18.5 Å². The normalized spacial score (nSPS) is 12.1. The van der Waals surface area contributed by atoms with Crippen LogP contribution in [0.5, 0.6) is 0 Å². The molecule has 0 radical (unpaired) electrons. The van der Waals surface area contributed by atoms with Gasteiger partial charge in [0.25, 0.3) is 15.7 Å². The lowest BCUT2D eigenvalue weighted by atomic mass is 10.2. The van der Waals surface area contributed by atoms with Gasteiger partial charge in [0.1, 0.15) is 0 Å². The average Bonchev–Trinajstić information content (AvgIpc) is 2.53. The summed E-state index contributed by atoms with van der Waals surface area (Å²) in [4.78, 5) is 10.1. The molecular weight excluding hydrogens is 352 g/mol. The van der Waals surface area contributed by atoms with Crippen LogP contribution < -0.4 is 11.5 Å². The van der Waals surface area contributed by atoms with Gasteiger partial charge in [-0.3, -0.25) is 10.1 Å². The molecule has 0 aliphatic carbocycles. The molecule has 0 aromatic heterocycles. The second kappa shape index (κ2) is 7.32. The van der Waals surface area contributed by atoms with Crippen LogP contribution in [0.1, 0.15) is 5.56 Å². The number of nitro benzene ring substituents is 1. The summed E-state index contributed by atoms with van der Waals surface area (Å²) in [6.45, 7) is 0. The standard InChI is InChI=1S/C14H14N4O4S2/c15-11-3-7-13(8-4-11)24(21,22)17-14(16)23-9-10-1-5-12(6-2-10)18(19)20/h1-8H,9,15H2,(H2,16,17). The first-order valence-electron chi connectivity index (χ1n) is 6.60. The van der Waals surface area contributed by atoms with Crippen LogP contribution in [0.25, 0.3) is 0 Å². The number of nitro groups is 1. The Hall–Kier alpha value is -2.59. The van der Waals surface area contributed by atoms with E-state index in [1.54, 1.807) is 12.1 Å². The third kappa shape index (κ3) is 4.70. The van der Waals surface area contributed by atoms with Crippen molar-refractivity contribution in [3.8, 4) is 0 Å². The number of nitrogens with two attached hydrogens (primary N) is 2. The highest BCUT2D eigenvalue weighted by atomic mass is 32.2. The number of nitrogens with zero attached hydrogens (tertiary/aromatic N) is 2.